The predicted molar refractivity (Wildman–Crippen MR) is 62.0 cm³/mol. The fourth-order valence-corrected chi connectivity index (χ4v) is 0.848. The molecule has 0 aliphatic rings. The van der Waals surface area contributed by atoms with Crippen molar-refractivity contribution in [3.05, 3.63) is 36.3 Å². The van der Waals surface area contributed by atoms with Gasteiger partial charge in [-0.2, -0.15) is 0 Å². The Morgan fingerprint density at radius 3 is 1.93 bits per heavy atom. The summed E-state index contributed by atoms with van der Waals surface area (Å²) in [5.74, 6) is 1.30. The molecule has 0 aromatic rings. The van der Waals surface area contributed by atoms with Crippen LogP contribution < -0.4 is 0 Å². The standard InChI is InChI=1S/C10H16O2.C2H6/c1-6-8(3)10(12-5)9(7-2)11-4;1-2/h7H,2-3,6H2,1,4-5H3;1-2H3/b10-9-;. The minimum absolute atomic E-state index is 0.629. The zero-order chi connectivity index (χ0) is 11.6. The van der Waals surface area contributed by atoms with Crippen molar-refractivity contribution in [3.63, 3.8) is 0 Å². The third kappa shape index (κ3) is 4.75. The van der Waals surface area contributed by atoms with Crippen LogP contribution in [0.1, 0.15) is 27.2 Å². The molecule has 0 amide bonds. The SMILES string of the molecule is C=C/C(OC)=C(/OC)C(=C)CC.CC. The molecule has 0 fully saturated rings. The van der Waals surface area contributed by atoms with Gasteiger partial charge in [0.15, 0.2) is 11.5 Å². The Morgan fingerprint density at radius 1 is 1.21 bits per heavy atom. The molecule has 2 heteroatoms. The second-order valence-electron chi connectivity index (χ2n) is 2.26. The molecule has 0 N–H and O–H groups in total. The van der Waals surface area contributed by atoms with E-state index in [2.05, 4.69) is 13.2 Å². The van der Waals surface area contributed by atoms with Gasteiger partial charge in [0, 0.05) is 0 Å². The molecule has 0 aliphatic carbocycles. The predicted octanol–water partition coefficient (Wildman–Crippen LogP) is 3.67. The lowest BCUT2D eigenvalue weighted by atomic mass is 10.2. The fourth-order valence-electron chi connectivity index (χ4n) is 0.848. The molecule has 0 aromatic heterocycles. The minimum atomic E-state index is 0.629. The Morgan fingerprint density at radius 2 is 1.71 bits per heavy atom. The third-order valence-electron chi connectivity index (χ3n) is 1.58. The summed E-state index contributed by atoms with van der Waals surface area (Å²) in [5, 5.41) is 0. The highest BCUT2D eigenvalue weighted by Crippen LogP contribution is 2.17. The number of ether oxygens (including phenoxy) is 2. The summed E-state index contributed by atoms with van der Waals surface area (Å²) in [6, 6.07) is 0. The quantitative estimate of drug-likeness (QED) is 0.495. The summed E-state index contributed by atoms with van der Waals surface area (Å²) in [5.41, 5.74) is 0.911. The molecule has 0 aromatic carbocycles. The Hall–Kier alpha value is -1.18. The van der Waals surface area contributed by atoms with Crippen LogP contribution in [0, 0.1) is 0 Å². The highest BCUT2D eigenvalue weighted by atomic mass is 16.5. The van der Waals surface area contributed by atoms with Crippen LogP contribution in [0.2, 0.25) is 0 Å². The van der Waals surface area contributed by atoms with Gasteiger partial charge in [-0.15, -0.1) is 0 Å². The first kappa shape index (κ1) is 15.3. The largest absolute Gasteiger partial charge is 0.493 e. The summed E-state index contributed by atoms with van der Waals surface area (Å²) in [7, 11) is 3.18. The zero-order valence-electron chi connectivity index (χ0n) is 10.0. The molecule has 0 aliphatic heterocycles. The lowest BCUT2D eigenvalue weighted by molar-refractivity contribution is 0.237. The molecule has 14 heavy (non-hydrogen) atoms. The molecular weight excluding hydrogens is 176 g/mol. The molecule has 0 bridgehead atoms. The Bertz CT molecular complexity index is 202. The van der Waals surface area contributed by atoms with Gasteiger partial charge in [0.25, 0.3) is 0 Å². The van der Waals surface area contributed by atoms with E-state index < -0.39 is 0 Å². The van der Waals surface area contributed by atoms with Crippen molar-refractivity contribution in [1.29, 1.82) is 0 Å². The summed E-state index contributed by atoms with van der Waals surface area (Å²) < 4.78 is 10.2. The molecule has 0 rings (SSSR count). The van der Waals surface area contributed by atoms with Gasteiger partial charge in [0.2, 0.25) is 0 Å². The molecular formula is C12H22O2. The summed E-state index contributed by atoms with van der Waals surface area (Å²) >= 11 is 0. The molecule has 0 spiro atoms. The first-order chi connectivity index (χ1) is 6.71. The van der Waals surface area contributed by atoms with E-state index in [-0.39, 0.29) is 0 Å². The lowest BCUT2D eigenvalue weighted by Gasteiger charge is -2.11. The Kier molecular flexibility index (Phi) is 10.8. The minimum Gasteiger partial charge on any atom is -0.493 e. The van der Waals surface area contributed by atoms with E-state index in [1.54, 1.807) is 20.3 Å². The van der Waals surface area contributed by atoms with Gasteiger partial charge >= 0.3 is 0 Å². The van der Waals surface area contributed by atoms with Gasteiger partial charge < -0.3 is 9.47 Å². The molecule has 0 unspecified atom stereocenters. The average molecular weight is 198 g/mol. The Balaban J connectivity index is 0. The first-order valence-corrected chi connectivity index (χ1v) is 4.84. The number of allylic oxidation sites excluding steroid dienone is 2. The van der Waals surface area contributed by atoms with Crippen molar-refractivity contribution in [3.8, 4) is 0 Å². The summed E-state index contributed by atoms with van der Waals surface area (Å²) in [6.45, 7) is 13.5. The van der Waals surface area contributed by atoms with Crippen molar-refractivity contribution in [2.75, 3.05) is 14.2 Å². The van der Waals surface area contributed by atoms with E-state index in [1.807, 2.05) is 20.8 Å². The molecule has 2 nitrogen and oxygen atoms in total. The highest BCUT2D eigenvalue weighted by Gasteiger charge is 2.06. The number of rotatable bonds is 5. The summed E-state index contributed by atoms with van der Waals surface area (Å²) in [4.78, 5) is 0. The normalized spacial score (nSPS) is 10.4. The van der Waals surface area contributed by atoms with Crippen molar-refractivity contribution < 1.29 is 9.47 Å². The van der Waals surface area contributed by atoms with Gasteiger partial charge in [0.05, 0.1) is 14.2 Å². The maximum absolute atomic E-state index is 5.13. The van der Waals surface area contributed by atoms with Crippen molar-refractivity contribution in [2.45, 2.75) is 27.2 Å². The van der Waals surface area contributed by atoms with E-state index in [0.29, 0.717) is 11.5 Å². The lowest BCUT2D eigenvalue weighted by Crippen LogP contribution is -1.97. The van der Waals surface area contributed by atoms with E-state index in [9.17, 15) is 0 Å². The molecule has 0 atom stereocenters. The monoisotopic (exact) mass is 198 g/mol. The van der Waals surface area contributed by atoms with E-state index >= 15 is 0 Å². The number of hydrogen-bond acceptors (Lipinski definition) is 2. The van der Waals surface area contributed by atoms with E-state index in [4.69, 9.17) is 9.47 Å². The fraction of sp³-hybridized carbons (Fsp3) is 0.500. The summed E-state index contributed by atoms with van der Waals surface area (Å²) in [6.07, 6.45) is 2.45. The van der Waals surface area contributed by atoms with Crippen LogP contribution in [0.4, 0.5) is 0 Å². The highest BCUT2D eigenvalue weighted by molar-refractivity contribution is 5.29. The van der Waals surface area contributed by atoms with Crippen LogP contribution >= 0.6 is 0 Å². The smallest absolute Gasteiger partial charge is 0.163 e. The second kappa shape index (κ2) is 9.90. The van der Waals surface area contributed by atoms with Crippen LogP contribution in [-0.2, 0) is 9.47 Å². The van der Waals surface area contributed by atoms with Crippen molar-refractivity contribution >= 4 is 0 Å². The molecule has 0 heterocycles. The first-order valence-electron chi connectivity index (χ1n) is 4.84. The van der Waals surface area contributed by atoms with Crippen LogP contribution in [0.15, 0.2) is 36.3 Å². The third-order valence-corrected chi connectivity index (χ3v) is 1.58. The van der Waals surface area contributed by atoms with Crippen molar-refractivity contribution in [2.24, 2.45) is 0 Å². The van der Waals surface area contributed by atoms with Gasteiger partial charge in [-0.05, 0) is 18.1 Å². The Labute approximate surface area is 87.9 Å². The molecule has 0 saturated carbocycles. The van der Waals surface area contributed by atoms with E-state index in [0.717, 1.165) is 12.0 Å². The second-order valence-corrected chi connectivity index (χ2v) is 2.26. The van der Waals surface area contributed by atoms with Crippen LogP contribution in [0.3, 0.4) is 0 Å². The van der Waals surface area contributed by atoms with E-state index in [1.165, 1.54) is 0 Å². The topological polar surface area (TPSA) is 18.5 Å². The van der Waals surface area contributed by atoms with Gasteiger partial charge in [-0.1, -0.05) is 33.9 Å². The van der Waals surface area contributed by atoms with Crippen LogP contribution in [0.5, 0.6) is 0 Å². The van der Waals surface area contributed by atoms with Crippen molar-refractivity contribution in [1.82, 2.24) is 0 Å². The molecule has 0 radical (unpaired) electrons. The van der Waals surface area contributed by atoms with Gasteiger partial charge in [0.1, 0.15) is 0 Å². The number of methoxy groups -OCH3 is 2. The van der Waals surface area contributed by atoms with Gasteiger partial charge in [-0.25, -0.2) is 0 Å². The van der Waals surface area contributed by atoms with Gasteiger partial charge in [-0.3, -0.25) is 0 Å². The molecule has 0 saturated heterocycles. The molecule has 82 valence electrons. The van der Waals surface area contributed by atoms with Crippen LogP contribution in [-0.4, -0.2) is 14.2 Å². The average Bonchev–Trinajstić information content (AvgIpc) is 2.27. The maximum Gasteiger partial charge on any atom is 0.163 e. The number of hydrogen-bond donors (Lipinski definition) is 0. The van der Waals surface area contributed by atoms with Crippen LogP contribution in [0.25, 0.3) is 0 Å². The zero-order valence-corrected chi connectivity index (χ0v) is 10.0. The maximum atomic E-state index is 5.13.